The smallest absolute Gasteiger partial charge is 0.306 e. The SMILES string of the molecule is FC(F)(F)c1ccn2ccnc2c1Br. The summed E-state index contributed by atoms with van der Waals surface area (Å²) in [5.74, 6) is 0. The summed E-state index contributed by atoms with van der Waals surface area (Å²) in [7, 11) is 0. The largest absolute Gasteiger partial charge is 0.417 e. The van der Waals surface area contributed by atoms with Crippen LogP contribution in [0.2, 0.25) is 0 Å². The van der Waals surface area contributed by atoms with Crippen molar-refractivity contribution in [3.8, 4) is 0 Å². The maximum Gasteiger partial charge on any atom is 0.417 e. The highest BCUT2D eigenvalue weighted by Gasteiger charge is 2.33. The van der Waals surface area contributed by atoms with E-state index in [9.17, 15) is 13.2 Å². The molecule has 2 rings (SSSR count). The molecule has 0 aliphatic carbocycles. The minimum absolute atomic E-state index is 0.0301. The van der Waals surface area contributed by atoms with Crippen LogP contribution in [0.1, 0.15) is 5.56 Å². The van der Waals surface area contributed by atoms with Crippen molar-refractivity contribution in [3.63, 3.8) is 0 Å². The molecule has 0 saturated heterocycles. The number of fused-ring (bicyclic) bond motifs is 1. The van der Waals surface area contributed by atoms with Crippen molar-refractivity contribution in [2.45, 2.75) is 6.18 Å². The van der Waals surface area contributed by atoms with Gasteiger partial charge in [0.25, 0.3) is 0 Å². The second kappa shape index (κ2) is 2.98. The molecule has 0 aromatic carbocycles. The molecule has 0 N–H and O–H groups in total. The van der Waals surface area contributed by atoms with Gasteiger partial charge in [0.05, 0.1) is 10.0 Å². The quantitative estimate of drug-likeness (QED) is 0.715. The third-order valence-electron chi connectivity index (χ3n) is 1.81. The Bertz CT molecular complexity index is 475. The molecule has 74 valence electrons. The topological polar surface area (TPSA) is 17.3 Å². The first-order valence-corrected chi connectivity index (χ1v) is 4.48. The van der Waals surface area contributed by atoms with Gasteiger partial charge in [-0.3, -0.25) is 0 Å². The summed E-state index contributed by atoms with van der Waals surface area (Å²) in [5, 5.41) is 0. The Morgan fingerprint density at radius 3 is 2.64 bits per heavy atom. The van der Waals surface area contributed by atoms with Crippen LogP contribution in [0.4, 0.5) is 13.2 Å². The number of imidazole rings is 1. The van der Waals surface area contributed by atoms with E-state index in [-0.39, 0.29) is 10.1 Å². The number of aromatic nitrogens is 2. The molecule has 0 radical (unpaired) electrons. The molecule has 0 amide bonds. The second-order valence-corrected chi connectivity index (χ2v) is 3.49. The Morgan fingerprint density at radius 2 is 2.00 bits per heavy atom. The van der Waals surface area contributed by atoms with Crippen molar-refractivity contribution in [2.24, 2.45) is 0 Å². The van der Waals surface area contributed by atoms with Crippen LogP contribution in [0.3, 0.4) is 0 Å². The predicted molar refractivity (Wildman–Crippen MR) is 47.9 cm³/mol. The van der Waals surface area contributed by atoms with E-state index in [4.69, 9.17) is 0 Å². The second-order valence-electron chi connectivity index (χ2n) is 2.70. The van der Waals surface area contributed by atoms with E-state index in [0.717, 1.165) is 6.07 Å². The molecule has 0 fully saturated rings. The fourth-order valence-electron chi connectivity index (χ4n) is 1.17. The molecule has 0 aliphatic rings. The number of pyridine rings is 1. The predicted octanol–water partition coefficient (Wildman–Crippen LogP) is 3.12. The van der Waals surface area contributed by atoms with Crippen LogP contribution < -0.4 is 0 Å². The highest BCUT2D eigenvalue weighted by Crippen LogP contribution is 2.36. The molecule has 2 nitrogen and oxygen atoms in total. The average molecular weight is 265 g/mol. The Kier molecular flexibility index (Phi) is 2.02. The van der Waals surface area contributed by atoms with Gasteiger partial charge in [0.2, 0.25) is 0 Å². The van der Waals surface area contributed by atoms with Crippen molar-refractivity contribution in [3.05, 3.63) is 34.7 Å². The lowest BCUT2D eigenvalue weighted by Gasteiger charge is -2.09. The summed E-state index contributed by atoms with van der Waals surface area (Å²) < 4.78 is 38.7. The van der Waals surface area contributed by atoms with Crippen LogP contribution in [-0.4, -0.2) is 9.38 Å². The average Bonchev–Trinajstić information content (AvgIpc) is 2.50. The molecule has 2 aromatic heterocycles. The molecule has 2 aromatic rings. The number of halogens is 4. The van der Waals surface area contributed by atoms with E-state index in [1.807, 2.05) is 0 Å². The third-order valence-corrected chi connectivity index (χ3v) is 2.59. The fraction of sp³-hybridized carbons (Fsp3) is 0.125. The lowest BCUT2D eigenvalue weighted by atomic mass is 10.2. The number of alkyl halides is 3. The van der Waals surface area contributed by atoms with Crippen LogP contribution in [-0.2, 0) is 6.18 Å². The molecule has 0 atom stereocenters. The van der Waals surface area contributed by atoms with Gasteiger partial charge in [-0.05, 0) is 22.0 Å². The van der Waals surface area contributed by atoms with Gasteiger partial charge in [-0.1, -0.05) is 0 Å². The third kappa shape index (κ3) is 1.39. The summed E-state index contributed by atoms with van der Waals surface area (Å²) >= 11 is 2.89. The molecule has 2 heterocycles. The van der Waals surface area contributed by atoms with Crippen LogP contribution in [0, 0.1) is 0 Å². The van der Waals surface area contributed by atoms with Gasteiger partial charge in [0.1, 0.15) is 0 Å². The van der Waals surface area contributed by atoms with Crippen molar-refractivity contribution < 1.29 is 13.2 Å². The van der Waals surface area contributed by atoms with Crippen LogP contribution in [0.25, 0.3) is 5.65 Å². The maximum absolute atomic E-state index is 12.4. The fourth-order valence-corrected chi connectivity index (χ4v) is 1.83. The van der Waals surface area contributed by atoms with Gasteiger partial charge in [0.15, 0.2) is 5.65 Å². The molecule has 14 heavy (non-hydrogen) atoms. The Hall–Kier alpha value is -1.04. The Morgan fingerprint density at radius 1 is 1.29 bits per heavy atom. The summed E-state index contributed by atoms with van der Waals surface area (Å²) in [4.78, 5) is 3.81. The van der Waals surface area contributed by atoms with E-state index in [0.29, 0.717) is 0 Å². The summed E-state index contributed by atoms with van der Waals surface area (Å²) in [5.41, 5.74) is -0.448. The van der Waals surface area contributed by atoms with Crippen molar-refractivity contribution in [1.82, 2.24) is 9.38 Å². The van der Waals surface area contributed by atoms with Gasteiger partial charge in [-0.2, -0.15) is 13.2 Å². The summed E-state index contributed by atoms with van der Waals surface area (Å²) in [6, 6.07) is 1.01. The molecule has 0 aliphatic heterocycles. The first-order valence-electron chi connectivity index (χ1n) is 3.68. The molecule has 6 heteroatoms. The summed E-state index contributed by atoms with van der Waals surface area (Å²) in [6.07, 6.45) is 0.00292. The normalized spacial score (nSPS) is 12.3. The van der Waals surface area contributed by atoms with Crippen LogP contribution in [0.5, 0.6) is 0 Å². The van der Waals surface area contributed by atoms with Gasteiger partial charge >= 0.3 is 6.18 Å². The van der Waals surface area contributed by atoms with Crippen LogP contribution in [0.15, 0.2) is 29.1 Å². The van der Waals surface area contributed by atoms with Crippen molar-refractivity contribution in [2.75, 3.05) is 0 Å². The number of hydrogen-bond acceptors (Lipinski definition) is 1. The van der Waals surface area contributed by atoms with E-state index >= 15 is 0 Å². The molecule has 0 spiro atoms. The first kappa shape index (κ1) is 9.51. The molecule has 0 saturated carbocycles. The Labute approximate surface area is 85.5 Å². The number of rotatable bonds is 0. The zero-order valence-electron chi connectivity index (χ0n) is 6.72. The van der Waals surface area contributed by atoms with Crippen molar-refractivity contribution >= 4 is 21.6 Å². The van der Waals surface area contributed by atoms with Gasteiger partial charge in [-0.25, -0.2) is 4.98 Å². The minimum atomic E-state index is -4.35. The van der Waals surface area contributed by atoms with Gasteiger partial charge < -0.3 is 4.40 Å². The number of nitrogens with zero attached hydrogens (tertiary/aromatic N) is 2. The lowest BCUT2D eigenvalue weighted by Crippen LogP contribution is -2.07. The van der Waals surface area contributed by atoms with Gasteiger partial charge in [-0.15, -0.1) is 0 Å². The molecule has 0 bridgehead atoms. The lowest BCUT2D eigenvalue weighted by molar-refractivity contribution is -0.138. The van der Waals surface area contributed by atoms with Gasteiger partial charge in [0, 0.05) is 18.6 Å². The van der Waals surface area contributed by atoms with E-state index in [1.165, 1.54) is 16.8 Å². The van der Waals surface area contributed by atoms with E-state index in [2.05, 4.69) is 20.9 Å². The molecule has 0 unspecified atom stereocenters. The molecular weight excluding hydrogens is 261 g/mol. The summed E-state index contributed by atoms with van der Waals surface area (Å²) in [6.45, 7) is 0. The Balaban J connectivity index is 2.74. The zero-order valence-corrected chi connectivity index (χ0v) is 8.30. The molecular formula is C8H4BrF3N2. The zero-order chi connectivity index (χ0) is 10.3. The highest BCUT2D eigenvalue weighted by atomic mass is 79.9. The minimum Gasteiger partial charge on any atom is -0.306 e. The van der Waals surface area contributed by atoms with Crippen molar-refractivity contribution in [1.29, 1.82) is 0 Å². The van der Waals surface area contributed by atoms with E-state index in [1.54, 1.807) is 6.20 Å². The first-order chi connectivity index (χ1) is 6.50. The maximum atomic E-state index is 12.4. The standard InChI is InChI=1S/C8H4BrF3N2/c9-6-5(8(10,11)12)1-3-14-4-2-13-7(6)14/h1-4H. The number of hydrogen-bond donors (Lipinski definition) is 0. The highest BCUT2D eigenvalue weighted by molar-refractivity contribution is 9.10. The van der Waals surface area contributed by atoms with Crippen LogP contribution >= 0.6 is 15.9 Å². The monoisotopic (exact) mass is 264 g/mol. The van der Waals surface area contributed by atoms with E-state index < -0.39 is 11.7 Å².